The van der Waals surface area contributed by atoms with Gasteiger partial charge in [-0.1, -0.05) is 0 Å². The first-order valence-electron chi connectivity index (χ1n) is 4.29. The van der Waals surface area contributed by atoms with Crippen molar-refractivity contribution in [3.63, 3.8) is 0 Å². The fourth-order valence-electron chi connectivity index (χ4n) is 1.28. The molecule has 0 spiro atoms. The van der Waals surface area contributed by atoms with Gasteiger partial charge in [-0.25, -0.2) is 0 Å². The normalized spacial score (nSPS) is 18.6. The monoisotopic (exact) mass is 319 g/mol. The van der Waals surface area contributed by atoms with E-state index in [1.165, 1.54) is 0 Å². The van der Waals surface area contributed by atoms with Gasteiger partial charge in [0.05, 0.1) is 10.4 Å². The van der Waals surface area contributed by atoms with E-state index in [2.05, 4.69) is 40.0 Å². The Labute approximate surface area is 101 Å². The van der Waals surface area contributed by atoms with Gasteiger partial charge in [-0.05, 0) is 54.6 Å². The number of carbonyl (C=O) groups excluding carboxylic acids is 1. The van der Waals surface area contributed by atoms with Gasteiger partial charge in [0, 0.05) is 8.47 Å². The van der Waals surface area contributed by atoms with Crippen LogP contribution in [0.4, 0.5) is 5.69 Å². The second kappa shape index (κ2) is 3.41. The van der Waals surface area contributed by atoms with Crippen molar-refractivity contribution in [2.24, 2.45) is 0 Å². The van der Waals surface area contributed by atoms with E-state index in [0.29, 0.717) is 0 Å². The van der Waals surface area contributed by atoms with Gasteiger partial charge >= 0.3 is 0 Å². The zero-order valence-corrected chi connectivity index (χ0v) is 10.9. The van der Waals surface area contributed by atoms with Crippen molar-refractivity contribution in [2.75, 3.05) is 5.32 Å². The summed E-state index contributed by atoms with van der Waals surface area (Å²) in [6.07, 6.45) is 0. The van der Waals surface area contributed by atoms with Crippen LogP contribution >= 0.6 is 34.4 Å². The van der Waals surface area contributed by atoms with Crippen LogP contribution < -0.4 is 5.32 Å². The SMILES string of the molecule is CC1(C)Sc2ccc(I)cc2NC1=O. The van der Waals surface area contributed by atoms with E-state index >= 15 is 0 Å². The zero-order valence-electron chi connectivity index (χ0n) is 7.93. The quantitative estimate of drug-likeness (QED) is 0.745. The molecule has 1 amide bonds. The summed E-state index contributed by atoms with van der Waals surface area (Å²) >= 11 is 3.86. The molecule has 2 rings (SSSR count). The molecular weight excluding hydrogens is 309 g/mol. The van der Waals surface area contributed by atoms with Crippen LogP contribution in [0.25, 0.3) is 0 Å². The van der Waals surface area contributed by atoms with Gasteiger partial charge in [0.2, 0.25) is 5.91 Å². The summed E-state index contributed by atoms with van der Waals surface area (Å²) in [4.78, 5) is 12.8. The maximum atomic E-state index is 11.7. The lowest BCUT2D eigenvalue weighted by atomic mass is 10.2. The Bertz CT molecular complexity index is 403. The Balaban J connectivity index is 2.46. The van der Waals surface area contributed by atoms with E-state index in [4.69, 9.17) is 0 Å². The van der Waals surface area contributed by atoms with E-state index in [1.54, 1.807) is 11.8 Å². The Kier molecular flexibility index (Phi) is 2.51. The average Bonchev–Trinajstić information content (AvgIpc) is 2.08. The lowest BCUT2D eigenvalue weighted by molar-refractivity contribution is -0.117. The second-order valence-corrected chi connectivity index (χ2v) is 6.62. The number of hydrogen-bond acceptors (Lipinski definition) is 2. The van der Waals surface area contributed by atoms with Crippen molar-refractivity contribution in [1.29, 1.82) is 0 Å². The first-order chi connectivity index (χ1) is 6.49. The highest BCUT2D eigenvalue weighted by atomic mass is 127. The summed E-state index contributed by atoms with van der Waals surface area (Å²) in [6.45, 7) is 3.88. The standard InChI is InChI=1S/C10H10INOS/c1-10(2)9(13)12-7-5-6(11)3-4-8(7)14-10/h3-5H,1-2H3,(H,12,13). The first-order valence-corrected chi connectivity index (χ1v) is 6.18. The van der Waals surface area contributed by atoms with Gasteiger partial charge in [-0.2, -0.15) is 0 Å². The number of rotatable bonds is 0. The predicted octanol–water partition coefficient (Wildman–Crippen LogP) is 3.11. The molecule has 0 aliphatic carbocycles. The molecule has 0 fully saturated rings. The van der Waals surface area contributed by atoms with Gasteiger partial charge in [0.1, 0.15) is 0 Å². The number of benzene rings is 1. The van der Waals surface area contributed by atoms with E-state index in [0.717, 1.165) is 14.2 Å². The molecule has 0 radical (unpaired) electrons. The molecular formula is C10H10INOS. The number of thioether (sulfide) groups is 1. The van der Waals surface area contributed by atoms with Crippen LogP contribution in [0.3, 0.4) is 0 Å². The lowest BCUT2D eigenvalue weighted by Gasteiger charge is -2.29. The molecule has 1 aromatic rings. The lowest BCUT2D eigenvalue weighted by Crippen LogP contribution is -2.37. The Morgan fingerprint density at radius 2 is 2.14 bits per heavy atom. The van der Waals surface area contributed by atoms with Crippen molar-refractivity contribution in [3.8, 4) is 0 Å². The summed E-state index contributed by atoms with van der Waals surface area (Å²) in [5.74, 6) is 0.0806. The van der Waals surface area contributed by atoms with Crippen LogP contribution in [-0.4, -0.2) is 10.7 Å². The number of hydrogen-bond donors (Lipinski definition) is 1. The summed E-state index contributed by atoms with van der Waals surface area (Å²) in [5, 5.41) is 2.93. The molecule has 1 aliphatic heterocycles. The van der Waals surface area contributed by atoms with Crippen LogP contribution in [0.2, 0.25) is 0 Å². The molecule has 0 saturated heterocycles. The van der Waals surface area contributed by atoms with Crippen LogP contribution in [0.15, 0.2) is 23.1 Å². The zero-order chi connectivity index (χ0) is 10.3. The van der Waals surface area contributed by atoms with Crippen molar-refractivity contribution in [2.45, 2.75) is 23.5 Å². The van der Waals surface area contributed by atoms with Crippen LogP contribution in [0.1, 0.15) is 13.8 Å². The van der Waals surface area contributed by atoms with Crippen molar-refractivity contribution in [3.05, 3.63) is 21.8 Å². The minimum absolute atomic E-state index is 0.0806. The number of fused-ring (bicyclic) bond motifs is 1. The Morgan fingerprint density at radius 3 is 2.86 bits per heavy atom. The van der Waals surface area contributed by atoms with Crippen molar-refractivity contribution < 1.29 is 4.79 Å². The fourth-order valence-corrected chi connectivity index (χ4v) is 2.82. The Morgan fingerprint density at radius 1 is 1.43 bits per heavy atom. The summed E-state index contributed by atoms with van der Waals surface area (Å²) in [6, 6.07) is 6.11. The minimum Gasteiger partial charge on any atom is -0.324 e. The molecule has 0 saturated carbocycles. The summed E-state index contributed by atoms with van der Waals surface area (Å²) < 4.78 is 0.779. The molecule has 0 atom stereocenters. The highest BCUT2D eigenvalue weighted by Gasteiger charge is 2.34. The van der Waals surface area contributed by atoms with E-state index < -0.39 is 0 Å². The predicted molar refractivity (Wildman–Crippen MR) is 67.7 cm³/mol. The van der Waals surface area contributed by atoms with Gasteiger partial charge in [0.25, 0.3) is 0 Å². The fraction of sp³-hybridized carbons (Fsp3) is 0.300. The van der Waals surface area contributed by atoms with E-state index in [-0.39, 0.29) is 10.7 Å². The molecule has 14 heavy (non-hydrogen) atoms. The number of nitrogens with one attached hydrogen (secondary N) is 1. The first kappa shape index (κ1) is 10.3. The highest BCUT2D eigenvalue weighted by Crippen LogP contribution is 2.42. The molecule has 1 heterocycles. The molecule has 2 nitrogen and oxygen atoms in total. The summed E-state index contributed by atoms with van der Waals surface area (Å²) in [5.41, 5.74) is 0.936. The molecule has 0 unspecified atom stereocenters. The van der Waals surface area contributed by atoms with Gasteiger partial charge in [0.15, 0.2) is 0 Å². The third-order valence-electron chi connectivity index (χ3n) is 2.10. The molecule has 1 aromatic carbocycles. The van der Waals surface area contributed by atoms with Gasteiger partial charge in [-0.15, -0.1) is 11.8 Å². The Hall–Kier alpha value is -0.230. The maximum absolute atomic E-state index is 11.7. The van der Waals surface area contributed by atoms with Crippen molar-refractivity contribution >= 4 is 45.9 Å². The van der Waals surface area contributed by atoms with E-state index in [1.807, 2.05) is 19.9 Å². The minimum atomic E-state index is -0.361. The number of carbonyl (C=O) groups is 1. The number of anilines is 1. The van der Waals surface area contributed by atoms with Gasteiger partial charge in [-0.3, -0.25) is 4.79 Å². The average molecular weight is 319 g/mol. The highest BCUT2D eigenvalue weighted by molar-refractivity contribution is 14.1. The second-order valence-electron chi connectivity index (χ2n) is 3.71. The molecule has 74 valence electrons. The molecule has 1 aliphatic rings. The van der Waals surface area contributed by atoms with Gasteiger partial charge < -0.3 is 5.32 Å². The maximum Gasteiger partial charge on any atom is 0.240 e. The van der Waals surface area contributed by atoms with Crippen LogP contribution in [0.5, 0.6) is 0 Å². The van der Waals surface area contributed by atoms with Crippen LogP contribution in [-0.2, 0) is 4.79 Å². The molecule has 1 N–H and O–H groups in total. The molecule has 0 aromatic heterocycles. The summed E-state index contributed by atoms with van der Waals surface area (Å²) in [7, 11) is 0. The number of amides is 1. The molecule has 4 heteroatoms. The molecule has 0 bridgehead atoms. The topological polar surface area (TPSA) is 29.1 Å². The number of halogens is 1. The smallest absolute Gasteiger partial charge is 0.240 e. The van der Waals surface area contributed by atoms with Crippen molar-refractivity contribution in [1.82, 2.24) is 0 Å². The van der Waals surface area contributed by atoms with Crippen LogP contribution in [0, 0.1) is 3.57 Å². The third-order valence-corrected chi connectivity index (χ3v) is 4.04. The van der Waals surface area contributed by atoms with E-state index in [9.17, 15) is 4.79 Å². The largest absolute Gasteiger partial charge is 0.324 e. The third kappa shape index (κ3) is 1.77.